The van der Waals surface area contributed by atoms with Crippen LogP contribution in [-0.2, 0) is 10.2 Å². The quantitative estimate of drug-likeness (QED) is 0.877. The Balaban J connectivity index is 0.00000220. The summed E-state index contributed by atoms with van der Waals surface area (Å²) in [5, 5.41) is 6.14. The number of rotatable bonds is 5. The first-order valence-corrected chi connectivity index (χ1v) is 7.15. The van der Waals surface area contributed by atoms with Crippen molar-refractivity contribution in [3.05, 3.63) is 35.6 Å². The molecule has 1 heterocycles. The first-order chi connectivity index (χ1) is 9.42. The number of amides is 1. The third-order valence-electron chi connectivity index (χ3n) is 4.24. The zero-order valence-electron chi connectivity index (χ0n) is 12.8. The lowest BCUT2D eigenvalue weighted by atomic mass is 9.83. The van der Waals surface area contributed by atoms with Gasteiger partial charge >= 0.3 is 0 Å². The zero-order chi connectivity index (χ0) is 14.8. The Bertz CT molecular complexity index is 489. The minimum atomic E-state index is -0.418. The number of carbonyl (C=O) groups excluding carboxylic acids is 1. The maximum Gasteiger partial charge on any atom is 0.223 e. The largest absolute Gasteiger partial charge is 0.355 e. The van der Waals surface area contributed by atoms with Gasteiger partial charge in [0.2, 0.25) is 5.91 Å². The molecule has 0 aromatic heterocycles. The average molecular weight is 315 g/mol. The van der Waals surface area contributed by atoms with Crippen molar-refractivity contribution in [2.45, 2.75) is 26.2 Å². The molecular weight excluding hydrogens is 291 g/mol. The molecule has 1 aliphatic heterocycles. The maximum atomic E-state index is 13.8. The fourth-order valence-corrected chi connectivity index (χ4v) is 2.45. The van der Waals surface area contributed by atoms with Gasteiger partial charge in [0.05, 0.1) is 0 Å². The minimum absolute atomic E-state index is 0. The van der Waals surface area contributed by atoms with Gasteiger partial charge in [-0.15, -0.1) is 12.4 Å². The lowest BCUT2D eigenvalue weighted by molar-refractivity contribution is -0.126. The van der Waals surface area contributed by atoms with Crippen LogP contribution in [0.15, 0.2) is 24.3 Å². The fraction of sp³-hybridized carbons (Fsp3) is 0.562. The van der Waals surface area contributed by atoms with Crippen LogP contribution in [0.5, 0.6) is 0 Å². The lowest BCUT2D eigenvalue weighted by Crippen LogP contribution is -2.50. The van der Waals surface area contributed by atoms with E-state index in [1.807, 2.05) is 26.8 Å². The second-order valence-corrected chi connectivity index (χ2v) is 6.29. The van der Waals surface area contributed by atoms with E-state index in [1.165, 1.54) is 6.07 Å². The Hall–Kier alpha value is -1.13. The van der Waals surface area contributed by atoms with Gasteiger partial charge in [-0.25, -0.2) is 4.39 Å². The van der Waals surface area contributed by atoms with Crippen molar-refractivity contribution in [3.8, 4) is 0 Å². The third kappa shape index (κ3) is 4.17. The molecule has 118 valence electrons. The molecule has 5 heteroatoms. The normalized spacial score (nSPS) is 16.6. The van der Waals surface area contributed by atoms with Gasteiger partial charge < -0.3 is 10.6 Å². The third-order valence-corrected chi connectivity index (χ3v) is 4.24. The Kier molecular flexibility index (Phi) is 6.17. The topological polar surface area (TPSA) is 41.1 Å². The summed E-state index contributed by atoms with van der Waals surface area (Å²) in [6.07, 6.45) is 0. The van der Waals surface area contributed by atoms with Crippen LogP contribution in [0.2, 0.25) is 0 Å². The van der Waals surface area contributed by atoms with E-state index in [2.05, 4.69) is 10.6 Å². The highest BCUT2D eigenvalue weighted by atomic mass is 35.5. The van der Waals surface area contributed by atoms with Crippen LogP contribution in [0.25, 0.3) is 0 Å². The summed E-state index contributed by atoms with van der Waals surface area (Å²) in [7, 11) is 0. The van der Waals surface area contributed by atoms with Gasteiger partial charge in [-0.1, -0.05) is 39.0 Å². The van der Waals surface area contributed by atoms with Gasteiger partial charge in [-0.2, -0.15) is 0 Å². The van der Waals surface area contributed by atoms with Crippen molar-refractivity contribution in [2.75, 3.05) is 19.6 Å². The molecule has 1 aromatic rings. The van der Waals surface area contributed by atoms with Crippen LogP contribution in [0.1, 0.15) is 26.3 Å². The molecule has 0 aliphatic carbocycles. The average Bonchev–Trinajstić information content (AvgIpc) is 2.34. The van der Waals surface area contributed by atoms with Crippen molar-refractivity contribution < 1.29 is 9.18 Å². The Labute approximate surface area is 132 Å². The molecule has 1 aromatic carbocycles. The van der Waals surface area contributed by atoms with E-state index >= 15 is 0 Å². The van der Waals surface area contributed by atoms with E-state index in [0.717, 1.165) is 13.1 Å². The fourth-order valence-electron chi connectivity index (χ4n) is 2.45. The van der Waals surface area contributed by atoms with Gasteiger partial charge in [0.1, 0.15) is 5.82 Å². The van der Waals surface area contributed by atoms with Gasteiger partial charge in [0, 0.05) is 17.9 Å². The minimum Gasteiger partial charge on any atom is -0.355 e. The highest BCUT2D eigenvalue weighted by Crippen LogP contribution is 2.25. The van der Waals surface area contributed by atoms with E-state index in [4.69, 9.17) is 0 Å². The van der Waals surface area contributed by atoms with Crippen molar-refractivity contribution in [2.24, 2.45) is 11.8 Å². The molecule has 2 rings (SSSR count). The molecule has 1 saturated heterocycles. The van der Waals surface area contributed by atoms with Crippen molar-refractivity contribution in [1.29, 1.82) is 0 Å². The van der Waals surface area contributed by atoms with Crippen LogP contribution >= 0.6 is 12.4 Å². The predicted octanol–water partition coefficient (Wildman–Crippen LogP) is 2.50. The molecule has 1 aliphatic rings. The predicted molar refractivity (Wildman–Crippen MR) is 85.2 cm³/mol. The second-order valence-electron chi connectivity index (χ2n) is 6.29. The van der Waals surface area contributed by atoms with Crippen molar-refractivity contribution in [3.63, 3.8) is 0 Å². The second kappa shape index (κ2) is 7.23. The molecule has 1 fully saturated rings. The molecule has 0 bridgehead atoms. The molecule has 1 atom stereocenters. The van der Waals surface area contributed by atoms with Crippen LogP contribution in [0.3, 0.4) is 0 Å². The summed E-state index contributed by atoms with van der Waals surface area (Å²) in [6, 6.07) is 6.74. The molecule has 1 amide bonds. The summed E-state index contributed by atoms with van der Waals surface area (Å²) >= 11 is 0. The summed E-state index contributed by atoms with van der Waals surface area (Å²) in [5.74, 6) is 0.267. The number of nitrogens with one attached hydrogen (secondary N) is 2. The molecule has 0 saturated carbocycles. The molecule has 0 spiro atoms. The molecule has 3 nitrogen and oxygen atoms in total. The standard InChI is InChI=1S/C16H23FN2O.ClH/c1-11(12-8-18-9-12)15(20)19-10-16(2,3)13-6-4-5-7-14(13)17;/h4-7,11-12,18H,8-10H2,1-3H3,(H,19,20);1H. The van der Waals surface area contributed by atoms with Crippen LogP contribution in [-0.4, -0.2) is 25.5 Å². The monoisotopic (exact) mass is 314 g/mol. The lowest BCUT2D eigenvalue weighted by Gasteiger charge is -2.33. The molecule has 21 heavy (non-hydrogen) atoms. The number of hydrogen-bond donors (Lipinski definition) is 2. The number of benzene rings is 1. The summed E-state index contributed by atoms with van der Waals surface area (Å²) < 4.78 is 13.8. The zero-order valence-corrected chi connectivity index (χ0v) is 13.6. The van der Waals surface area contributed by atoms with Crippen molar-refractivity contribution >= 4 is 18.3 Å². The van der Waals surface area contributed by atoms with E-state index in [-0.39, 0.29) is 30.0 Å². The van der Waals surface area contributed by atoms with Gasteiger partial charge in [0.25, 0.3) is 0 Å². The number of carbonyl (C=O) groups is 1. The Morgan fingerprint density at radius 2 is 2.05 bits per heavy atom. The van der Waals surface area contributed by atoms with Crippen molar-refractivity contribution in [1.82, 2.24) is 10.6 Å². The van der Waals surface area contributed by atoms with E-state index in [9.17, 15) is 9.18 Å². The molecule has 0 radical (unpaired) electrons. The van der Waals surface area contributed by atoms with Gasteiger partial charge in [-0.3, -0.25) is 4.79 Å². The molecule has 1 unspecified atom stereocenters. The van der Waals surface area contributed by atoms with Crippen LogP contribution in [0.4, 0.5) is 4.39 Å². The maximum absolute atomic E-state index is 13.8. The highest BCUT2D eigenvalue weighted by molar-refractivity contribution is 5.85. The van der Waals surface area contributed by atoms with Crippen LogP contribution in [0, 0.1) is 17.7 Å². The molecule has 2 N–H and O–H groups in total. The van der Waals surface area contributed by atoms with Gasteiger partial charge in [0.15, 0.2) is 0 Å². The number of halogens is 2. The molecular formula is C16H24ClFN2O. The summed E-state index contributed by atoms with van der Waals surface area (Å²) in [4.78, 5) is 12.1. The Morgan fingerprint density at radius 1 is 1.43 bits per heavy atom. The highest BCUT2D eigenvalue weighted by Gasteiger charge is 2.30. The first-order valence-electron chi connectivity index (χ1n) is 7.15. The Morgan fingerprint density at radius 3 is 2.57 bits per heavy atom. The van der Waals surface area contributed by atoms with Gasteiger partial charge in [-0.05, 0) is 30.6 Å². The summed E-state index contributed by atoms with van der Waals surface area (Å²) in [6.45, 7) is 8.10. The van der Waals surface area contributed by atoms with Crippen LogP contribution < -0.4 is 10.6 Å². The number of hydrogen-bond acceptors (Lipinski definition) is 2. The SMILES string of the molecule is CC(C(=O)NCC(C)(C)c1ccccc1F)C1CNC1.Cl. The van der Waals surface area contributed by atoms with E-state index < -0.39 is 5.41 Å². The van der Waals surface area contributed by atoms with E-state index in [0.29, 0.717) is 18.0 Å². The first kappa shape index (κ1) is 17.9. The summed E-state index contributed by atoms with van der Waals surface area (Å²) in [5.41, 5.74) is 0.219. The smallest absolute Gasteiger partial charge is 0.223 e. The van der Waals surface area contributed by atoms with E-state index in [1.54, 1.807) is 12.1 Å².